The van der Waals surface area contributed by atoms with Gasteiger partial charge in [-0.1, -0.05) is 70.2 Å². The molecule has 0 spiro atoms. The Hall–Kier alpha value is -7.41. The summed E-state index contributed by atoms with van der Waals surface area (Å²) in [4.78, 5) is 43.0. The lowest BCUT2D eigenvalue weighted by Gasteiger charge is -2.11. The minimum atomic E-state index is -0.0361. The van der Waals surface area contributed by atoms with Crippen molar-refractivity contribution in [3.8, 4) is 33.8 Å². The second-order valence-electron chi connectivity index (χ2n) is 17.1. The summed E-state index contributed by atoms with van der Waals surface area (Å²) >= 11 is 0. The summed E-state index contributed by atoms with van der Waals surface area (Å²) in [7, 11) is 11.6. The van der Waals surface area contributed by atoms with Crippen LogP contribution in [0.2, 0.25) is 0 Å². The quantitative estimate of drug-likeness (QED) is 0.0849. The smallest absolute Gasteiger partial charge is 0.225 e. The lowest BCUT2D eigenvalue weighted by molar-refractivity contribution is -0.117. The van der Waals surface area contributed by atoms with Gasteiger partial charge in [0.15, 0.2) is 0 Å². The van der Waals surface area contributed by atoms with Crippen LogP contribution in [0.3, 0.4) is 0 Å². The number of hydrogen-bond acceptors (Lipinski definition) is 12. The summed E-state index contributed by atoms with van der Waals surface area (Å²) in [6.07, 6.45) is 6.96. The third-order valence-electron chi connectivity index (χ3n) is 10.5. The lowest BCUT2D eigenvalue weighted by Crippen LogP contribution is -2.20. The topological polar surface area (TPSA) is 189 Å². The highest BCUT2D eigenvalue weighted by atomic mass is 16.2. The molecule has 0 aliphatic carbocycles. The Labute approximate surface area is 384 Å². The van der Waals surface area contributed by atoms with Crippen LogP contribution in [0.1, 0.15) is 36.0 Å². The van der Waals surface area contributed by atoms with Crippen molar-refractivity contribution in [3.63, 3.8) is 0 Å². The van der Waals surface area contributed by atoms with Crippen molar-refractivity contribution in [1.82, 2.24) is 59.7 Å². The molecule has 66 heavy (non-hydrogen) atoms. The molecule has 4 aromatic carbocycles. The standard InChI is InChI=1S/C48H57N15O3/c1-58(2)22-19-46(64)49-40-13-7-37(8-14-40)43-31-61(55-52-43)28-34-25-35(29-62-32-44(53-56-62)38-9-15-41(16-10-38)50-47(65)20-23-59(3)4)27-36(26-34)30-63-33-45(54-57-63)39-11-17-42(18-12-39)51-48(66)21-24-60(5)6/h7-18,25-27,31-33H,19-24,28-30H2,1-6H3,(H,49,64)(H,50,65)(H,51,66). The van der Waals surface area contributed by atoms with E-state index in [-0.39, 0.29) is 17.7 Å². The monoisotopic (exact) mass is 891 g/mol. The van der Waals surface area contributed by atoms with Crippen molar-refractivity contribution < 1.29 is 14.4 Å². The van der Waals surface area contributed by atoms with Crippen LogP contribution in [0, 0.1) is 0 Å². The number of hydrogen-bond donors (Lipinski definition) is 3. The Morgan fingerprint density at radius 3 is 0.924 bits per heavy atom. The number of carbonyl (C=O) groups excluding carboxylic acids is 3. The second kappa shape index (κ2) is 22.0. The highest BCUT2D eigenvalue weighted by Crippen LogP contribution is 2.24. The zero-order valence-electron chi connectivity index (χ0n) is 38.3. The molecule has 3 N–H and O–H groups in total. The van der Waals surface area contributed by atoms with Gasteiger partial charge in [0.05, 0.1) is 38.2 Å². The zero-order valence-corrected chi connectivity index (χ0v) is 38.3. The molecule has 3 aromatic heterocycles. The molecule has 0 unspecified atom stereocenters. The van der Waals surface area contributed by atoms with E-state index >= 15 is 0 Å². The van der Waals surface area contributed by atoms with Gasteiger partial charge < -0.3 is 30.7 Å². The number of nitrogens with one attached hydrogen (secondary N) is 3. The molecule has 0 saturated heterocycles. The van der Waals surface area contributed by atoms with E-state index in [0.717, 1.165) is 50.4 Å². The van der Waals surface area contributed by atoms with Crippen LogP contribution in [0.25, 0.3) is 33.8 Å². The van der Waals surface area contributed by atoms with E-state index in [9.17, 15) is 14.4 Å². The van der Waals surface area contributed by atoms with Crippen molar-refractivity contribution in [2.45, 2.75) is 38.9 Å². The molecule has 3 amide bonds. The minimum Gasteiger partial charge on any atom is -0.326 e. The first-order chi connectivity index (χ1) is 31.8. The van der Waals surface area contributed by atoms with Crippen molar-refractivity contribution >= 4 is 34.8 Å². The van der Waals surface area contributed by atoms with Crippen LogP contribution in [-0.4, -0.2) is 139 Å². The van der Waals surface area contributed by atoms with Crippen LogP contribution >= 0.6 is 0 Å². The van der Waals surface area contributed by atoms with E-state index in [1.807, 2.05) is 148 Å². The van der Waals surface area contributed by atoms with Gasteiger partial charge in [-0.05, 0) is 95.4 Å². The first-order valence-electron chi connectivity index (χ1n) is 21.8. The molecular weight excluding hydrogens is 835 g/mol. The number of amides is 3. The van der Waals surface area contributed by atoms with Gasteiger partial charge in [0.25, 0.3) is 0 Å². The van der Waals surface area contributed by atoms with Gasteiger partial charge in [-0.2, -0.15) is 0 Å². The highest BCUT2D eigenvalue weighted by Gasteiger charge is 2.13. The van der Waals surface area contributed by atoms with Gasteiger partial charge in [0.1, 0.15) is 17.1 Å². The Morgan fingerprint density at radius 2 is 0.682 bits per heavy atom. The summed E-state index contributed by atoms with van der Waals surface area (Å²) in [5, 5.41) is 35.6. The summed E-state index contributed by atoms with van der Waals surface area (Å²) < 4.78 is 5.41. The Balaban J connectivity index is 1.06. The molecule has 0 fully saturated rings. The number of aromatic nitrogens is 9. The maximum absolute atomic E-state index is 12.4. The van der Waals surface area contributed by atoms with Crippen molar-refractivity contribution in [3.05, 3.63) is 126 Å². The molecule has 18 heteroatoms. The fraction of sp³-hybridized carbons (Fsp3) is 0.312. The van der Waals surface area contributed by atoms with Crippen molar-refractivity contribution in [2.24, 2.45) is 0 Å². The van der Waals surface area contributed by atoms with Gasteiger partial charge in [0, 0.05) is 72.6 Å². The Kier molecular flexibility index (Phi) is 15.5. The lowest BCUT2D eigenvalue weighted by atomic mass is 10.0. The number of benzene rings is 4. The van der Waals surface area contributed by atoms with Crippen LogP contribution < -0.4 is 16.0 Å². The zero-order chi connectivity index (χ0) is 46.6. The fourth-order valence-corrected chi connectivity index (χ4v) is 7.02. The molecule has 0 saturated carbocycles. The first-order valence-corrected chi connectivity index (χ1v) is 21.8. The van der Waals surface area contributed by atoms with E-state index in [1.165, 1.54) is 0 Å². The Bertz CT molecular complexity index is 2390. The van der Waals surface area contributed by atoms with Crippen LogP contribution in [-0.2, 0) is 34.0 Å². The van der Waals surface area contributed by atoms with Crippen LogP contribution in [0.15, 0.2) is 110 Å². The molecule has 0 atom stereocenters. The second-order valence-corrected chi connectivity index (χ2v) is 17.1. The first kappa shape index (κ1) is 46.6. The van der Waals surface area contributed by atoms with Gasteiger partial charge in [-0.3, -0.25) is 14.4 Å². The van der Waals surface area contributed by atoms with Crippen LogP contribution in [0.4, 0.5) is 17.1 Å². The summed E-state index contributed by atoms with van der Waals surface area (Å²) in [5.41, 5.74) is 9.95. The van der Waals surface area contributed by atoms with Crippen LogP contribution in [0.5, 0.6) is 0 Å². The SMILES string of the molecule is CN(C)CCC(=O)Nc1ccc(-c2cn(Cc3cc(Cn4cc(-c5ccc(NC(=O)CCN(C)C)cc5)nn4)cc(Cn4cc(-c5ccc(NC(=O)CCN(C)C)cc5)nn4)c3)nn2)cc1. The molecule has 7 rings (SSSR count). The number of rotatable bonds is 21. The maximum atomic E-state index is 12.4. The van der Waals surface area contributed by atoms with E-state index in [1.54, 1.807) is 14.0 Å². The average molecular weight is 892 g/mol. The number of carbonyl (C=O) groups is 3. The predicted octanol–water partition coefficient (Wildman–Crippen LogP) is 5.28. The van der Waals surface area contributed by atoms with E-state index in [2.05, 4.69) is 65.1 Å². The molecule has 0 aliphatic heterocycles. The number of anilines is 3. The average Bonchev–Trinajstić information content (AvgIpc) is 4.08. The van der Waals surface area contributed by atoms with E-state index < -0.39 is 0 Å². The Morgan fingerprint density at radius 1 is 0.424 bits per heavy atom. The number of nitrogens with zero attached hydrogens (tertiary/aromatic N) is 12. The highest BCUT2D eigenvalue weighted by molar-refractivity contribution is 5.92. The molecule has 3 heterocycles. The van der Waals surface area contributed by atoms with Crippen molar-refractivity contribution in [1.29, 1.82) is 0 Å². The summed E-state index contributed by atoms with van der Waals surface area (Å²) in [6, 6.07) is 29.1. The molecular formula is C48H57N15O3. The van der Waals surface area contributed by atoms with Gasteiger partial charge in [-0.25, -0.2) is 14.0 Å². The fourth-order valence-electron chi connectivity index (χ4n) is 7.02. The minimum absolute atomic E-state index is 0.0361. The summed E-state index contributed by atoms with van der Waals surface area (Å²) in [5.74, 6) is -0.108. The van der Waals surface area contributed by atoms with Gasteiger partial charge in [-0.15, -0.1) is 15.3 Å². The molecule has 7 aromatic rings. The molecule has 0 bridgehead atoms. The normalized spacial score (nSPS) is 11.4. The molecule has 0 radical (unpaired) electrons. The van der Waals surface area contributed by atoms with E-state index in [0.29, 0.717) is 75.6 Å². The maximum Gasteiger partial charge on any atom is 0.225 e. The largest absolute Gasteiger partial charge is 0.326 e. The van der Waals surface area contributed by atoms with E-state index in [4.69, 9.17) is 0 Å². The molecule has 0 aliphatic rings. The third kappa shape index (κ3) is 13.8. The predicted molar refractivity (Wildman–Crippen MR) is 256 cm³/mol. The van der Waals surface area contributed by atoms with Gasteiger partial charge in [0.2, 0.25) is 17.7 Å². The van der Waals surface area contributed by atoms with Gasteiger partial charge >= 0.3 is 0 Å². The van der Waals surface area contributed by atoms with Crippen molar-refractivity contribution in [2.75, 3.05) is 77.9 Å². The summed E-state index contributed by atoms with van der Waals surface area (Å²) in [6.45, 7) is 3.38. The third-order valence-corrected chi connectivity index (χ3v) is 10.5. The molecule has 18 nitrogen and oxygen atoms in total. The molecule has 342 valence electrons.